The molecule has 1 heterocycles. The van der Waals surface area contributed by atoms with Gasteiger partial charge in [0.1, 0.15) is 6.04 Å². The van der Waals surface area contributed by atoms with E-state index < -0.39 is 0 Å². The normalized spacial score (nSPS) is 20.2. The van der Waals surface area contributed by atoms with Crippen molar-refractivity contribution < 1.29 is 9.59 Å². The fraction of sp³-hybridized carbons (Fsp3) is 0.429. The molecule has 96 valence electrons. The van der Waals surface area contributed by atoms with E-state index in [1.54, 1.807) is 16.7 Å². The van der Waals surface area contributed by atoms with Crippen molar-refractivity contribution in [1.82, 2.24) is 4.90 Å². The summed E-state index contributed by atoms with van der Waals surface area (Å²) in [5.74, 6) is -0.0558. The highest BCUT2D eigenvalue weighted by Gasteiger charge is 2.33. The Morgan fingerprint density at radius 3 is 2.39 bits per heavy atom. The Kier molecular flexibility index (Phi) is 3.36. The van der Waals surface area contributed by atoms with E-state index in [9.17, 15) is 9.59 Å². The molecule has 0 saturated carbocycles. The van der Waals surface area contributed by atoms with Crippen LogP contribution in [0.4, 0.5) is 5.69 Å². The van der Waals surface area contributed by atoms with Crippen molar-refractivity contribution in [3.8, 4) is 0 Å². The second kappa shape index (κ2) is 4.80. The maximum atomic E-state index is 12.3. The van der Waals surface area contributed by atoms with Gasteiger partial charge in [-0.25, -0.2) is 0 Å². The molecule has 1 atom stereocenters. The van der Waals surface area contributed by atoms with Gasteiger partial charge in [-0.1, -0.05) is 17.7 Å². The first kappa shape index (κ1) is 12.6. The summed E-state index contributed by atoms with van der Waals surface area (Å²) in [6, 6.07) is 7.50. The largest absolute Gasteiger partial charge is 0.329 e. The van der Waals surface area contributed by atoms with Gasteiger partial charge in [0.25, 0.3) is 0 Å². The van der Waals surface area contributed by atoms with Crippen LogP contribution in [0.15, 0.2) is 24.3 Å². The van der Waals surface area contributed by atoms with E-state index in [1.165, 1.54) is 12.5 Å². The lowest BCUT2D eigenvalue weighted by atomic mass is 10.1. The molecule has 18 heavy (non-hydrogen) atoms. The van der Waals surface area contributed by atoms with E-state index in [-0.39, 0.29) is 17.9 Å². The minimum Gasteiger partial charge on any atom is -0.329 e. The van der Waals surface area contributed by atoms with E-state index >= 15 is 0 Å². The first-order valence-electron chi connectivity index (χ1n) is 6.16. The van der Waals surface area contributed by atoms with Gasteiger partial charge in [0, 0.05) is 25.7 Å². The Hall–Kier alpha value is -1.84. The average Bonchev–Trinajstić information content (AvgIpc) is 2.33. The van der Waals surface area contributed by atoms with E-state index in [2.05, 4.69) is 0 Å². The quantitative estimate of drug-likeness (QED) is 0.755. The van der Waals surface area contributed by atoms with Crippen molar-refractivity contribution in [1.29, 1.82) is 0 Å². The Balaban J connectivity index is 2.20. The summed E-state index contributed by atoms with van der Waals surface area (Å²) in [5, 5.41) is 0. The molecule has 0 radical (unpaired) electrons. The number of nitrogens with zero attached hydrogens (tertiary/aromatic N) is 2. The first-order chi connectivity index (χ1) is 8.50. The smallest absolute Gasteiger partial charge is 0.249 e. The minimum atomic E-state index is -0.377. The van der Waals surface area contributed by atoms with Gasteiger partial charge in [-0.2, -0.15) is 0 Å². The van der Waals surface area contributed by atoms with Crippen LogP contribution >= 0.6 is 0 Å². The Morgan fingerprint density at radius 2 is 1.83 bits per heavy atom. The molecule has 0 unspecified atom stereocenters. The van der Waals surface area contributed by atoms with E-state index in [0.29, 0.717) is 13.1 Å². The number of piperazine rings is 1. The van der Waals surface area contributed by atoms with Gasteiger partial charge in [0.2, 0.25) is 11.8 Å². The zero-order chi connectivity index (χ0) is 13.3. The molecular formula is C14H18N2O2. The summed E-state index contributed by atoms with van der Waals surface area (Å²) >= 11 is 0. The lowest BCUT2D eigenvalue weighted by molar-refractivity contribution is -0.139. The number of carbonyl (C=O) groups is 2. The van der Waals surface area contributed by atoms with E-state index in [4.69, 9.17) is 0 Å². The molecule has 1 fully saturated rings. The molecule has 0 bridgehead atoms. The molecule has 4 nitrogen and oxygen atoms in total. The highest BCUT2D eigenvalue weighted by molar-refractivity contribution is 5.99. The molecule has 0 aromatic heterocycles. The lowest BCUT2D eigenvalue weighted by Gasteiger charge is -2.38. The number of hydrogen-bond acceptors (Lipinski definition) is 2. The predicted octanol–water partition coefficient (Wildman–Crippen LogP) is 1.58. The number of anilines is 1. The van der Waals surface area contributed by atoms with Crippen molar-refractivity contribution in [2.24, 2.45) is 0 Å². The average molecular weight is 246 g/mol. The topological polar surface area (TPSA) is 40.6 Å². The fourth-order valence-electron chi connectivity index (χ4n) is 2.28. The molecule has 1 saturated heterocycles. The van der Waals surface area contributed by atoms with Crippen LogP contribution in [-0.2, 0) is 9.59 Å². The molecule has 0 N–H and O–H groups in total. The lowest BCUT2D eigenvalue weighted by Crippen LogP contribution is -2.57. The zero-order valence-electron chi connectivity index (χ0n) is 11.0. The third-order valence-corrected chi connectivity index (χ3v) is 3.41. The Bertz CT molecular complexity index is 467. The van der Waals surface area contributed by atoms with Gasteiger partial charge in [0.15, 0.2) is 0 Å². The summed E-state index contributed by atoms with van der Waals surface area (Å²) in [6.45, 7) is 6.46. The van der Waals surface area contributed by atoms with Crippen LogP contribution in [0.25, 0.3) is 0 Å². The number of rotatable bonds is 1. The fourth-order valence-corrected chi connectivity index (χ4v) is 2.28. The number of hydrogen-bond donors (Lipinski definition) is 0. The maximum absolute atomic E-state index is 12.3. The van der Waals surface area contributed by atoms with Crippen molar-refractivity contribution in [3.05, 3.63) is 29.8 Å². The molecule has 2 rings (SSSR count). The van der Waals surface area contributed by atoms with Gasteiger partial charge < -0.3 is 9.80 Å². The molecule has 1 aliphatic rings. The van der Waals surface area contributed by atoms with Gasteiger partial charge in [-0.3, -0.25) is 9.59 Å². The third-order valence-electron chi connectivity index (χ3n) is 3.41. The number of carbonyl (C=O) groups excluding carboxylic acids is 2. The van der Waals surface area contributed by atoms with Crippen molar-refractivity contribution >= 4 is 17.5 Å². The summed E-state index contributed by atoms with van der Waals surface area (Å²) in [5.41, 5.74) is 2.07. The van der Waals surface area contributed by atoms with Crippen LogP contribution in [0.3, 0.4) is 0 Å². The number of aryl methyl sites for hydroxylation is 1. The molecule has 1 aliphatic heterocycles. The number of benzene rings is 1. The summed E-state index contributed by atoms with van der Waals surface area (Å²) in [6.07, 6.45) is 0. The highest BCUT2D eigenvalue weighted by atomic mass is 16.2. The Morgan fingerprint density at radius 1 is 1.22 bits per heavy atom. The van der Waals surface area contributed by atoms with Gasteiger partial charge >= 0.3 is 0 Å². The summed E-state index contributed by atoms with van der Waals surface area (Å²) < 4.78 is 0. The molecule has 0 spiro atoms. The van der Waals surface area contributed by atoms with Crippen LogP contribution < -0.4 is 4.90 Å². The van der Waals surface area contributed by atoms with Gasteiger partial charge in [-0.05, 0) is 26.0 Å². The molecule has 4 heteroatoms. The van der Waals surface area contributed by atoms with Gasteiger partial charge in [0.05, 0.1) is 0 Å². The molecular weight excluding hydrogens is 228 g/mol. The van der Waals surface area contributed by atoms with Crippen LogP contribution in [0.2, 0.25) is 0 Å². The van der Waals surface area contributed by atoms with Crippen molar-refractivity contribution in [2.75, 3.05) is 18.0 Å². The van der Waals surface area contributed by atoms with Crippen molar-refractivity contribution in [2.45, 2.75) is 26.8 Å². The maximum Gasteiger partial charge on any atom is 0.249 e. The monoisotopic (exact) mass is 246 g/mol. The van der Waals surface area contributed by atoms with Crippen LogP contribution in [-0.4, -0.2) is 35.8 Å². The van der Waals surface area contributed by atoms with Crippen molar-refractivity contribution in [3.63, 3.8) is 0 Å². The van der Waals surface area contributed by atoms with Crippen LogP contribution in [0.1, 0.15) is 19.4 Å². The standard InChI is InChI=1S/C14H18N2O2/c1-10-4-6-13(7-5-10)16-9-8-15(12(3)17)11(2)14(16)18/h4-7,11H,8-9H2,1-3H3/t11-/m0/s1. The van der Waals surface area contributed by atoms with E-state index in [0.717, 1.165) is 5.69 Å². The van der Waals surface area contributed by atoms with Gasteiger partial charge in [-0.15, -0.1) is 0 Å². The predicted molar refractivity (Wildman–Crippen MR) is 70.4 cm³/mol. The minimum absolute atomic E-state index is 0.0136. The highest BCUT2D eigenvalue weighted by Crippen LogP contribution is 2.20. The Labute approximate surface area is 107 Å². The van der Waals surface area contributed by atoms with E-state index in [1.807, 2.05) is 31.2 Å². The molecule has 2 amide bonds. The van der Waals surface area contributed by atoms with Crippen LogP contribution in [0.5, 0.6) is 0 Å². The molecule has 1 aromatic carbocycles. The SMILES string of the molecule is CC(=O)N1CCN(c2ccc(C)cc2)C(=O)[C@@H]1C. The zero-order valence-corrected chi connectivity index (χ0v) is 11.0. The number of amides is 2. The third kappa shape index (κ3) is 2.23. The van der Waals surface area contributed by atoms with Crippen LogP contribution in [0, 0.1) is 6.92 Å². The second-order valence-corrected chi connectivity index (χ2v) is 4.71. The summed E-state index contributed by atoms with van der Waals surface area (Å²) in [4.78, 5) is 27.0. The first-order valence-corrected chi connectivity index (χ1v) is 6.16. The molecule has 1 aromatic rings. The molecule has 0 aliphatic carbocycles. The summed E-state index contributed by atoms with van der Waals surface area (Å²) in [7, 11) is 0. The second-order valence-electron chi connectivity index (χ2n) is 4.71.